The van der Waals surface area contributed by atoms with Crippen molar-refractivity contribution in [3.63, 3.8) is 0 Å². The fourth-order valence-corrected chi connectivity index (χ4v) is 2.53. The Hall–Kier alpha value is -1.23. The van der Waals surface area contributed by atoms with Crippen molar-refractivity contribution in [1.29, 1.82) is 0 Å². The highest BCUT2D eigenvalue weighted by atomic mass is 32.1. The smallest absolute Gasteiger partial charge is 0.177 e. The summed E-state index contributed by atoms with van der Waals surface area (Å²) in [6.45, 7) is 9.59. The van der Waals surface area contributed by atoms with Gasteiger partial charge in [-0.3, -0.25) is 4.79 Å². The Morgan fingerprint density at radius 3 is 2.50 bits per heavy atom. The zero-order valence-electron chi connectivity index (χ0n) is 11.7. The van der Waals surface area contributed by atoms with Crippen molar-refractivity contribution in [2.45, 2.75) is 53.2 Å². The quantitative estimate of drug-likeness (QED) is 0.776. The monoisotopic (exact) mass is 270 g/mol. The maximum Gasteiger partial charge on any atom is 0.177 e. The summed E-state index contributed by atoms with van der Waals surface area (Å²) in [5, 5.41) is 4.19. The lowest BCUT2D eigenvalue weighted by molar-refractivity contribution is 0.102. The molecule has 4 nitrogen and oxygen atoms in total. The Kier molecular flexibility index (Phi) is 5.02. The van der Waals surface area contributed by atoms with Crippen molar-refractivity contribution in [2.75, 3.05) is 11.1 Å². The Morgan fingerprint density at radius 2 is 2.06 bits per heavy atom. The number of rotatable bonds is 6. The Labute approximate surface area is 113 Å². The molecule has 18 heavy (non-hydrogen) atoms. The molecule has 0 aliphatic rings. The molecule has 3 N–H and O–H groups in total. The van der Waals surface area contributed by atoms with E-state index in [1.807, 2.05) is 13.8 Å². The molecule has 102 valence electrons. The van der Waals surface area contributed by atoms with E-state index in [-0.39, 0.29) is 11.9 Å². The number of hydrogen-bond donors (Lipinski definition) is 2. The van der Waals surface area contributed by atoms with E-state index < -0.39 is 0 Å². The number of hydrogen-bond acceptors (Lipinski definition) is 5. The molecule has 1 heterocycles. The summed E-state index contributed by atoms with van der Waals surface area (Å²) in [5.41, 5.74) is 6.45. The maximum atomic E-state index is 11.5. The maximum absolute atomic E-state index is 11.5. The third-order valence-electron chi connectivity index (χ3n) is 2.56. The topological polar surface area (TPSA) is 64.4 Å². The number of nitrogens with two attached hydrogens (primary N) is 1. The lowest BCUT2D eigenvalue weighted by atomic mass is 10.2. The standard InChI is InChI=1S/C13H22N2O2S/c1-6-8(4)15-13-11(17-7(2)3)10(14)12(18-13)9(5)16/h7-8,15H,6,14H2,1-5H3. The van der Waals surface area contributed by atoms with Gasteiger partial charge in [0.2, 0.25) is 0 Å². The molecule has 1 rings (SSSR count). The van der Waals surface area contributed by atoms with Crippen LogP contribution in [0.1, 0.15) is 50.7 Å². The van der Waals surface area contributed by atoms with Crippen LogP contribution in [-0.2, 0) is 0 Å². The molecule has 1 aromatic heterocycles. The number of carbonyl (C=O) groups excluding carboxylic acids is 1. The second kappa shape index (κ2) is 6.09. The van der Waals surface area contributed by atoms with Crippen molar-refractivity contribution in [1.82, 2.24) is 0 Å². The first-order valence-electron chi connectivity index (χ1n) is 6.23. The molecule has 0 fully saturated rings. The third-order valence-corrected chi connectivity index (χ3v) is 3.78. The van der Waals surface area contributed by atoms with Crippen LogP contribution in [0, 0.1) is 0 Å². The summed E-state index contributed by atoms with van der Waals surface area (Å²) in [4.78, 5) is 12.1. The Morgan fingerprint density at radius 1 is 1.44 bits per heavy atom. The van der Waals surface area contributed by atoms with Gasteiger partial charge in [0.15, 0.2) is 11.5 Å². The minimum Gasteiger partial charge on any atom is -0.486 e. The van der Waals surface area contributed by atoms with Gasteiger partial charge in [-0.2, -0.15) is 0 Å². The summed E-state index contributed by atoms with van der Waals surface area (Å²) in [7, 11) is 0. The molecule has 0 spiro atoms. The van der Waals surface area contributed by atoms with Crippen molar-refractivity contribution < 1.29 is 9.53 Å². The van der Waals surface area contributed by atoms with Crippen LogP contribution in [0.4, 0.5) is 10.7 Å². The van der Waals surface area contributed by atoms with Crippen LogP contribution < -0.4 is 15.8 Å². The molecule has 0 aliphatic carbocycles. The summed E-state index contributed by atoms with van der Waals surface area (Å²) in [6, 6.07) is 0.317. The van der Waals surface area contributed by atoms with Crippen molar-refractivity contribution in [2.24, 2.45) is 0 Å². The molecule has 0 aliphatic heterocycles. The first-order chi connectivity index (χ1) is 8.36. The van der Waals surface area contributed by atoms with Gasteiger partial charge >= 0.3 is 0 Å². The van der Waals surface area contributed by atoms with Crippen LogP contribution >= 0.6 is 11.3 Å². The van der Waals surface area contributed by atoms with E-state index in [1.54, 1.807) is 0 Å². The molecule has 0 bridgehead atoms. The van der Waals surface area contributed by atoms with E-state index in [1.165, 1.54) is 18.3 Å². The first-order valence-corrected chi connectivity index (χ1v) is 7.04. The Balaban J connectivity index is 3.13. The summed E-state index contributed by atoms with van der Waals surface area (Å²) in [5.74, 6) is 0.587. The van der Waals surface area contributed by atoms with Gasteiger partial charge in [0.05, 0.1) is 16.7 Å². The third kappa shape index (κ3) is 3.38. The SMILES string of the molecule is CCC(C)Nc1sc(C(C)=O)c(N)c1OC(C)C. The number of anilines is 2. The summed E-state index contributed by atoms with van der Waals surface area (Å²) in [6.07, 6.45) is 1.02. The fraction of sp³-hybridized carbons (Fsp3) is 0.615. The van der Waals surface area contributed by atoms with Gasteiger partial charge in [-0.25, -0.2) is 0 Å². The van der Waals surface area contributed by atoms with E-state index in [2.05, 4.69) is 19.2 Å². The van der Waals surface area contributed by atoms with Crippen LogP contribution in [-0.4, -0.2) is 17.9 Å². The van der Waals surface area contributed by atoms with Crippen molar-refractivity contribution in [3.8, 4) is 5.75 Å². The van der Waals surface area contributed by atoms with Gasteiger partial charge in [0.25, 0.3) is 0 Å². The minimum absolute atomic E-state index is 0.0247. The van der Waals surface area contributed by atoms with E-state index >= 15 is 0 Å². The zero-order chi connectivity index (χ0) is 13.9. The molecular formula is C13H22N2O2S. The lowest BCUT2D eigenvalue weighted by Gasteiger charge is -2.15. The predicted octanol–water partition coefficient (Wildman–Crippen LogP) is 3.53. The second-order valence-corrected chi connectivity index (χ2v) is 5.70. The average Bonchev–Trinajstić information content (AvgIpc) is 2.57. The fourth-order valence-electron chi connectivity index (χ4n) is 1.46. The summed E-state index contributed by atoms with van der Waals surface area (Å²) >= 11 is 1.37. The average molecular weight is 270 g/mol. The molecule has 1 aromatic rings. The minimum atomic E-state index is -0.0247. The number of ketones is 1. The predicted molar refractivity (Wildman–Crippen MR) is 77.9 cm³/mol. The van der Waals surface area contributed by atoms with Gasteiger partial charge in [-0.15, -0.1) is 11.3 Å². The van der Waals surface area contributed by atoms with E-state index in [0.29, 0.717) is 22.4 Å². The van der Waals surface area contributed by atoms with Crippen LogP contribution in [0.2, 0.25) is 0 Å². The highest BCUT2D eigenvalue weighted by Gasteiger charge is 2.21. The number of Topliss-reactive ketones (excluding diaryl/α,β-unsaturated/α-hetero) is 1. The van der Waals surface area contributed by atoms with Crippen LogP contribution in [0.5, 0.6) is 5.75 Å². The van der Waals surface area contributed by atoms with Crippen molar-refractivity contribution in [3.05, 3.63) is 4.88 Å². The molecule has 1 atom stereocenters. The summed E-state index contributed by atoms with van der Waals surface area (Å²) < 4.78 is 5.72. The van der Waals surface area contributed by atoms with Crippen LogP contribution in [0.3, 0.4) is 0 Å². The molecule has 1 unspecified atom stereocenters. The number of ether oxygens (including phenoxy) is 1. The van der Waals surface area contributed by atoms with Gasteiger partial charge in [-0.1, -0.05) is 6.92 Å². The molecule has 0 saturated heterocycles. The van der Waals surface area contributed by atoms with Gasteiger partial charge in [0.1, 0.15) is 5.00 Å². The lowest BCUT2D eigenvalue weighted by Crippen LogP contribution is -2.14. The van der Waals surface area contributed by atoms with Crippen LogP contribution in [0.25, 0.3) is 0 Å². The van der Waals surface area contributed by atoms with E-state index in [4.69, 9.17) is 10.5 Å². The largest absolute Gasteiger partial charge is 0.486 e. The molecule has 0 aromatic carbocycles. The normalized spacial score (nSPS) is 12.6. The number of nitrogens with one attached hydrogen (secondary N) is 1. The van der Waals surface area contributed by atoms with E-state index in [0.717, 1.165) is 11.4 Å². The van der Waals surface area contributed by atoms with Gasteiger partial charge < -0.3 is 15.8 Å². The van der Waals surface area contributed by atoms with Crippen LogP contribution in [0.15, 0.2) is 0 Å². The molecule has 0 saturated carbocycles. The molecular weight excluding hydrogens is 248 g/mol. The number of nitrogen functional groups attached to an aromatic ring is 1. The van der Waals surface area contributed by atoms with Gasteiger partial charge in [0, 0.05) is 13.0 Å². The highest BCUT2D eigenvalue weighted by molar-refractivity contribution is 7.19. The van der Waals surface area contributed by atoms with Crippen molar-refractivity contribution >= 4 is 27.8 Å². The van der Waals surface area contributed by atoms with Gasteiger partial charge in [-0.05, 0) is 27.2 Å². The molecule has 5 heteroatoms. The molecule has 0 radical (unpaired) electrons. The second-order valence-electron chi connectivity index (χ2n) is 4.68. The zero-order valence-corrected chi connectivity index (χ0v) is 12.5. The highest BCUT2D eigenvalue weighted by Crippen LogP contribution is 2.43. The molecule has 0 amide bonds. The first kappa shape index (κ1) is 14.8. The number of carbonyl (C=O) groups is 1. The number of thiophene rings is 1. The Bertz CT molecular complexity index is 427. The van der Waals surface area contributed by atoms with E-state index in [9.17, 15) is 4.79 Å².